The monoisotopic (exact) mass is 184 g/mol. The van der Waals surface area contributed by atoms with Crippen molar-refractivity contribution in [2.75, 3.05) is 13.6 Å². The van der Waals surface area contributed by atoms with Gasteiger partial charge in [0.25, 0.3) is 0 Å². The van der Waals surface area contributed by atoms with Crippen LogP contribution in [0.1, 0.15) is 11.7 Å². The zero-order valence-corrected chi connectivity index (χ0v) is 7.63. The van der Waals surface area contributed by atoms with E-state index in [0.29, 0.717) is 11.7 Å². The number of carbonyl (C=O) groups is 1. The number of aromatic nitrogens is 2. The highest BCUT2D eigenvalue weighted by atomic mass is 16.5. The molecular formula is C7H12N4O2. The fourth-order valence-electron chi connectivity index (χ4n) is 0.809. The van der Waals surface area contributed by atoms with Crippen molar-refractivity contribution in [2.45, 2.75) is 13.5 Å². The van der Waals surface area contributed by atoms with E-state index in [0.717, 1.165) is 0 Å². The van der Waals surface area contributed by atoms with Crippen molar-refractivity contribution in [3.05, 3.63) is 11.7 Å². The van der Waals surface area contributed by atoms with Gasteiger partial charge in [-0.15, -0.1) is 0 Å². The molecule has 1 aromatic heterocycles. The van der Waals surface area contributed by atoms with Crippen molar-refractivity contribution in [1.29, 1.82) is 0 Å². The van der Waals surface area contributed by atoms with Crippen LogP contribution in [0.15, 0.2) is 4.52 Å². The normalized spacial score (nSPS) is 10.0. The van der Waals surface area contributed by atoms with E-state index >= 15 is 0 Å². The molecule has 2 N–H and O–H groups in total. The third kappa shape index (κ3) is 3.20. The summed E-state index contributed by atoms with van der Waals surface area (Å²) >= 11 is 0. The molecule has 0 bridgehead atoms. The molecule has 1 amide bonds. The number of amides is 1. The zero-order chi connectivity index (χ0) is 9.68. The van der Waals surface area contributed by atoms with Gasteiger partial charge in [-0.05, 0) is 14.0 Å². The van der Waals surface area contributed by atoms with E-state index in [1.165, 1.54) is 0 Å². The van der Waals surface area contributed by atoms with Gasteiger partial charge in [-0.1, -0.05) is 5.16 Å². The zero-order valence-electron chi connectivity index (χ0n) is 7.63. The standard InChI is InChI=1S/C7H12N4O2/c1-5-10-7(13-11-5)4-9-6(12)3-8-2/h8H,3-4H2,1-2H3,(H,9,12). The Bertz CT molecular complexity index is 284. The molecule has 0 unspecified atom stereocenters. The number of aryl methyl sites for hydroxylation is 1. The Morgan fingerprint density at radius 2 is 2.38 bits per heavy atom. The number of rotatable bonds is 4. The molecule has 0 spiro atoms. The lowest BCUT2D eigenvalue weighted by Gasteiger charge is -1.99. The molecule has 1 rings (SSSR count). The third-order valence-electron chi connectivity index (χ3n) is 1.34. The average molecular weight is 184 g/mol. The number of hydrogen-bond acceptors (Lipinski definition) is 5. The van der Waals surface area contributed by atoms with Gasteiger partial charge in [0.1, 0.15) is 0 Å². The van der Waals surface area contributed by atoms with Crippen molar-refractivity contribution in [3.63, 3.8) is 0 Å². The summed E-state index contributed by atoms with van der Waals surface area (Å²) < 4.78 is 4.80. The van der Waals surface area contributed by atoms with Crippen molar-refractivity contribution < 1.29 is 9.32 Å². The first-order chi connectivity index (χ1) is 6.22. The molecule has 0 radical (unpaired) electrons. The van der Waals surface area contributed by atoms with Crippen LogP contribution < -0.4 is 10.6 Å². The summed E-state index contributed by atoms with van der Waals surface area (Å²) in [5, 5.41) is 8.93. The van der Waals surface area contributed by atoms with Crippen molar-refractivity contribution in [3.8, 4) is 0 Å². The minimum absolute atomic E-state index is 0.0987. The Morgan fingerprint density at radius 3 is 2.92 bits per heavy atom. The topological polar surface area (TPSA) is 80.0 Å². The Balaban J connectivity index is 2.30. The summed E-state index contributed by atoms with van der Waals surface area (Å²) in [6.45, 7) is 2.29. The Morgan fingerprint density at radius 1 is 1.62 bits per heavy atom. The largest absolute Gasteiger partial charge is 0.346 e. The van der Waals surface area contributed by atoms with E-state index in [1.54, 1.807) is 14.0 Å². The number of hydrogen-bond donors (Lipinski definition) is 2. The van der Waals surface area contributed by atoms with Crippen LogP contribution in [0.2, 0.25) is 0 Å². The van der Waals surface area contributed by atoms with Gasteiger partial charge in [0.2, 0.25) is 11.8 Å². The van der Waals surface area contributed by atoms with Crippen LogP contribution in [-0.2, 0) is 11.3 Å². The van der Waals surface area contributed by atoms with Gasteiger partial charge in [0.05, 0.1) is 13.1 Å². The number of nitrogens with zero attached hydrogens (tertiary/aromatic N) is 2. The predicted molar refractivity (Wildman–Crippen MR) is 44.8 cm³/mol. The first kappa shape index (κ1) is 9.66. The molecule has 0 aliphatic carbocycles. The van der Waals surface area contributed by atoms with Crippen molar-refractivity contribution in [1.82, 2.24) is 20.8 Å². The number of likely N-dealkylation sites (N-methyl/N-ethyl adjacent to an activating group) is 1. The summed E-state index contributed by atoms with van der Waals surface area (Å²) in [5.41, 5.74) is 0. The van der Waals surface area contributed by atoms with Crippen molar-refractivity contribution >= 4 is 5.91 Å². The quantitative estimate of drug-likeness (QED) is 0.641. The second kappa shape index (κ2) is 4.56. The SMILES string of the molecule is CNCC(=O)NCc1nc(C)no1. The maximum Gasteiger partial charge on any atom is 0.246 e. The van der Waals surface area contributed by atoms with E-state index in [-0.39, 0.29) is 19.0 Å². The molecule has 1 aromatic rings. The highest BCUT2D eigenvalue weighted by molar-refractivity contribution is 5.77. The fourth-order valence-corrected chi connectivity index (χ4v) is 0.809. The molecule has 0 saturated heterocycles. The molecule has 0 atom stereocenters. The lowest BCUT2D eigenvalue weighted by atomic mass is 10.5. The summed E-state index contributed by atoms with van der Waals surface area (Å²) in [6.07, 6.45) is 0. The lowest BCUT2D eigenvalue weighted by Crippen LogP contribution is -2.31. The van der Waals surface area contributed by atoms with E-state index in [1.807, 2.05) is 0 Å². The van der Waals surface area contributed by atoms with Crippen LogP contribution in [0.5, 0.6) is 0 Å². The molecule has 1 heterocycles. The van der Waals surface area contributed by atoms with Crippen LogP contribution >= 0.6 is 0 Å². The molecule has 6 nitrogen and oxygen atoms in total. The van der Waals surface area contributed by atoms with Crippen LogP contribution in [0, 0.1) is 6.92 Å². The molecule has 0 aliphatic rings. The molecule has 6 heteroatoms. The Hall–Kier alpha value is -1.43. The second-order valence-electron chi connectivity index (χ2n) is 2.54. The second-order valence-corrected chi connectivity index (χ2v) is 2.54. The predicted octanol–water partition coefficient (Wildman–Crippen LogP) is -0.786. The molecule has 0 aromatic carbocycles. The van der Waals surface area contributed by atoms with Gasteiger partial charge in [-0.25, -0.2) is 0 Å². The van der Waals surface area contributed by atoms with E-state index in [4.69, 9.17) is 4.52 Å². The van der Waals surface area contributed by atoms with Crippen molar-refractivity contribution in [2.24, 2.45) is 0 Å². The molecule has 72 valence electrons. The van der Waals surface area contributed by atoms with Crippen LogP contribution in [0.25, 0.3) is 0 Å². The third-order valence-corrected chi connectivity index (χ3v) is 1.34. The molecule has 13 heavy (non-hydrogen) atoms. The van der Waals surface area contributed by atoms with E-state index in [2.05, 4.69) is 20.8 Å². The highest BCUT2D eigenvalue weighted by Gasteiger charge is 2.04. The molecule has 0 aliphatic heterocycles. The smallest absolute Gasteiger partial charge is 0.246 e. The summed E-state index contributed by atoms with van der Waals surface area (Å²) in [6, 6.07) is 0. The minimum Gasteiger partial charge on any atom is -0.346 e. The first-order valence-electron chi connectivity index (χ1n) is 3.93. The van der Waals surface area contributed by atoms with Gasteiger partial charge in [0.15, 0.2) is 5.82 Å². The van der Waals surface area contributed by atoms with Gasteiger partial charge in [-0.2, -0.15) is 4.98 Å². The van der Waals surface area contributed by atoms with Gasteiger partial charge < -0.3 is 15.2 Å². The molecule has 0 saturated carbocycles. The highest BCUT2D eigenvalue weighted by Crippen LogP contribution is 1.93. The Labute approximate surface area is 75.7 Å². The van der Waals surface area contributed by atoms with Crippen LogP contribution in [0.4, 0.5) is 0 Å². The van der Waals surface area contributed by atoms with Gasteiger partial charge >= 0.3 is 0 Å². The number of nitrogens with one attached hydrogen (secondary N) is 2. The Kier molecular flexibility index (Phi) is 3.39. The fraction of sp³-hybridized carbons (Fsp3) is 0.571. The number of carbonyl (C=O) groups excluding carboxylic acids is 1. The minimum atomic E-state index is -0.0987. The maximum atomic E-state index is 11.0. The van der Waals surface area contributed by atoms with Gasteiger partial charge in [0, 0.05) is 0 Å². The molecular weight excluding hydrogens is 172 g/mol. The maximum absolute atomic E-state index is 11.0. The lowest BCUT2D eigenvalue weighted by molar-refractivity contribution is -0.120. The van der Waals surface area contributed by atoms with E-state index < -0.39 is 0 Å². The van der Waals surface area contributed by atoms with Crippen LogP contribution in [-0.4, -0.2) is 29.6 Å². The average Bonchev–Trinajstić information content (AvgIpc) is 2.49. The summed E-state index contributed by atoms with van der Waals surface area (Å²) in [5.74, 6) is 0.887. The van der Waals surface area contributed by atoms with Crippen LogP contribution in [0.3, 0.4) is 0 Å². The summed E-state index contributed by atoms with van der Waals surface area (Å²) in [7, 11) is 1.70. The summed E-state index contributed by atoms with van der Waals surface area (Å²) in [4.78, 5) is 14.9. The molecule has 0 fully saturated rings. The van der Waals surface area contributed by atoms with Gasteiger partial charge in [-0.3, -0.25) is 4.79 Å². The first-order valence-corrected chi connectivity index (χ1v) is 3.93. The van der Waals surface area contributed by atoms with E-state index in [9.17, 15) is 4.79 Å².